The molecule has 1 aromatic rings. The van der Waals surface area contributed by atoms with Gasteiger partial charge in [0.25, 0.3) is 10.1 Å². The Kier molecular flexibility index (Phi) is 5.78. The van der Waals surface area contributed by atoms with Gasteiger partial charge < -0.3 is 10.1 Å². The molecule has 0 saturated carbocycles. The van der Waals surface area contributed by atoms with Crippen LogP contribution in [0.3, 0.4) is 0 Å². The Labute approximate surface area is 112 Å². The molecule has 0 aliphatic rings. The summed E-state index contributed by atoms with van der Waals surface area (Å²) in [5.74, 6) is -0.366. The average Bonchev–Trinajstić information content (AvgIpc) is 2.34. The summed E-state index contributed by atoms with van der Waals surface area (Å²) in [5.41, 5.74) is 1.24. The number of carbonyl (C=O) groups is 1. The van der Waals surface area contributed by atoms with E-state index in [0.717, 1.165) is 11.9 Å². The van der Waals surface area contributed by atoms with Crippen LogP contribution in [0.1, 0.15) is 17.3 Å². The maximum absolute atomic E-state index is 11.4. The van der Waals surface area contributed by atoms with Crippen LogP contribution in [0.2, 0.25) is 0 Å². The molecule has 7 heteroatoms. The van der Waals surface area contributed by atoms with E-state index in [4.69, 9.17) is 4.74 Å². The van der Waals surface area contributed by atoms with Crippen LogP contribution in [-0.2, 0) is 19.0 Å². The van der Waals surface area contributed by atoms with Crippen LogP contribution in [0.25, 0.3) is 0 Å². The molecule has 0 fully saturated rings. The molecule has 0 bridgehead atoms. The first kappa shape index (κ1) is 15.5. The Hall–Kier alpha value is -1.60. The number of hydrogen-bond acceptors (Lipinski definition) is 6. The van der Waals surface area contributed by atoms with Crippen molar-refractivity contribution in [2.45, 2.75) is 6.92 Å². The van der Waals surface area contributed by atoms with E-state index >= 15 is 0 Å². The smallest absolute Gasteiger partial charge is 0.338 e. The fraction of sp³-hybridized carbons (Fsp3) is 0.417. The summed E-state index contributed by atoms with van der Waals surface area (Å²) in [6.45, 7) is 2.49. The molecule has 0 saturated heterocycles. The van der Waals surface area contributed by atoms with E-state index in [1.807, 2.05) is 0 Å². The van der Waals surface area contributed by atoms with Gasteiger partial charge in [0.15, 0.2) is 0 Å². The van der Waals surface area contributed by atoms with Crippen LogP contribution in [0, 0.1) is 0 Å². The molecule has 106 valence electrons. The lowest BCUT2D eigenvalue weighted by molar-refractivity contribution is 0.0526. The quantitative estimate of drug-likeness (QED) is 0.462. The first-order chi connectivity index (χ1) is 8.92. The average molecular weight is 287 g/mol. The van der Waals surface area contributed by atoms with Gasteiger partial charge >= 0.3 is 5.97 Å². The Morgan fingerprint density at radius 3 is 2.42 bits per heavy atom. The zero-order valence-electron chi connectivity index (χ0n) is 10.9. The number of carbonyl (C=O) groups excluding carboxylic acids is 1. The maximum atomic E-state index is 11.4. The van der Waals surface area contributed by atoms with Gasteiger partial charge in [-0.05, 0) is 31.2 Å². The van der Waals surface area contributed by atoms with Gasteiger partial charge in [0.2, 0.25) is 0 Å². The number of esters is 1. The molecule has 0 atom stereocenters. The lowest BCUT2D eigenvalue weighted by atomic mass is 10.2. The second-order valence-corrected chi connectivity index (χ2v) is 5.39. The van der Waals surface area contributed by atoms with Gasteiger partial charge in [-0.2, -0.15) is 8.42 Å². The number of benzene rings is 1. The Morgan fingerprint density at radius 1 is 1.26 bits per heavy atom. The topological polar surface area (TPSA) is 81.7 Å². The third-order valence-corrected chi connectivity index (χ3v) is 2.72. The molecule has 19 heavy (non-hydrogen) atoms. The van der Waals surface area contributed by atoms with Crippen molar-refractivity contribution in [2.75, 3.05) is 31.3 Å². The highest BCUT2D eigenvalue weighted by Gasteiger charge is 2.05. The Morgan fingerprint density at radius 2 is 1.89 bits per heavy atom. The molecule has 0 heterocycles. The molecule has 1 aromatic carbocycles. The van der Waals surface area contributed by atoms with Gasteiger partial charge in [-0.3, -0.25) is 4.18 Å². The number of anilines is 1. The molecule has 0 spiro atoms. The molecular weight excluding hydrogens is 270 g/mol. The van der Waals surface area contributed by atoms with E-state index < -0.39 is 10.1 Å². The van der Waals surface area contributed by atoms with Crippen LogP contribution in [-0.4, -0.2) is 40.4 Å². The van der Waals surface area contributed by atoms with Crippen molar-refractivity contribution >= 4 is 21.8 Å². The summed E-state index contributed by atoms with van der Waals surface area (Å²) < 4.78 is 30.9. The summed E-state index contributed by atoms with van der Waals surface area (Å²) in [6, 6.07) is 6.70. The molecule has 0 aliphatic carbocycles. The highest BCUT2D eigenvalue weighted by atomic mass is 32.2. The molecule has 0 amide bonds. The van der Waals surface area contributed by atoms with Crippen molar-refractivity contribution in [3.8, 4) is 0 Å². The summed E-state index contributed by atoms with van der Waals surface area (Å²) in [7, 11) is -3.40. The lowest BCUT2D eigenvalue weighted by Crippen LogP contribution is -2.13. The fourth-order valence-corrected chi connectivity index (χ4v) is 1.71. The van der Waals surface area contributed by atoms with Crippen LogP contribution < -0.4 is 5.32 Å². The molecule has 1 N–H and O–H groups in total. The first-order valence-corrected chi connectivity index (χ1v) is 7.59. The number of hydrogen-bond donors (Lipinski definition) is 1. The van der Waals surface area contributed by atoms with E-state index in [1.165, 1.54) is 0 Å². The third kappa shape index (κ3) is 6.21. The zero-order chi connectivity index (χ0) is 14.3. The van der Waals surface area contributed by atoms with Crippen molar-refractivity contribution in [3.63, 3.8) is 0 Å². The van der Waals surface area contributed by atoms with E-state index in [9.17, 15) is 13.2 Å². The number of nitrogens with one attached hydrogen (secondary N) is 1. The van der Waals surface area contributed by atoms with Crippen molar-refractivity contribution in [3.05, 3.63) is 29.8 Å². The summed E-state index contributed by atoms with van der Waals surface area (Å²) in [4.78, 5) is 11.4. The molecule has 0 aliphatic heterocycles. The maximum Gasteiger partial charge on any atom is 0.338 e. The zero-order valence-corrected chi connectivity index (χ0v) is 11.7. The standard InChI is InChI=1S/C12H17NO5S/c1-3-17-12(14)10-4-6-11(7-5-10)13-8-9-18-19(2,15)16/h4-7,13H,3,8-9H2,1-2H3. The highest BCUT2D eigenvalue weighted by molar-refractivity contribution is 7.85. The van der Waals surface area contributed by atoms with Crippen molar-refractivity contribution in [2.24, 2.45) is 0 Å². The molecule has 0 aromatic heterocycles. The van der Waals surface area contributed by atoms with Crippen molar-refractivity contribution in [1.29, 1.82) is 0 Å². The van der Waals surface area contributed by atoms with Crippen LogP contribution in [0.4, 0.5) is 5.69 Å². The highest BCUT2D eigenvalue weighted by Crippen LogP contribution is 2.10. The summed E-state index contributed by atoms with van der Waals surface area (Å²) >= 11 is 0. The predicted octanol–water partition coefficient (Wildman–Crippen LogP) is 1.25. The van der Waals surface area contributed by atoms with Gasteiger partial charge in [0.1, 0.15) is 0 Å². The van der Waals surface area contributed by atoms with E-state index in [-0.39, 0.29) is 12.6 Å². The SMILES string of the molecule is CCOC(=O)c1ccc(NCCOS(C)(=O)=O)cc1. The molecular formula is C12H17NO5S. The van der Waals surface area contributed by atoms with E-state index in [0.29, 0.717) is 18.7 Å². The van der Waals surface area contributed by atoms with Crippen molar-refractivity contribution in [1.82, 2.24) is 0 Å². The van der Waals surface area contributed by atoms with Gasteiger partial charge in [0, 0.05) is 12.2 Å². The monoisotopic (exact) mass is 287 g/mol. The molecule has 1 rings (SSSR count). The largest absolute Gasteiger partial charge is 0.462 e. The predicted molar refractivity (Wildman–Crippen MR) is 71.7 cm³/mol. The second-order valence-electron chi connectivity index (χ2n) is 3.75. The van der Waals surface area contributed by atoms with Crippen molar-refractivity contribution < 1.29 is 22.1 Å². The summed E-state index contributed by atoms with van der Waals surface area (Å²) in [6.07, 6.45) is 1.00. The van der Waals surface area contributed by atoms with E-state index in [2.05, 4.69) is 9.50 Å². The number of ether oxygens (including phenoxy) is 1. The van der Waals surface area contributed by atoms with E-state index in [1.54, 1.807) is 31.2 Å². The number of rotatable bonds is 7. The minimum atomic E-state index is -3.40. The molecule has 6 nitrogen and oxygen atoms in total. The molecule has 0 unspecified atom stereocenters. The Balaban J connectivity index is 2.42. The second kappa shape index (κ2) is 7.10. The third-order valence-electron chi connectivity index (χ3n) is 2.12. The van der Waals surface area contributed by atoms with Gasteiger partial charge in [-0.1, -0.05) is 0 Å². The summed E-state index contributed by atoms with van der Waals surface area (Å²) in [5, 5.41) is 2.97. The van der Waals surface area contributed by atoms with Crippen LogP contribution >= 0.6 is 0 Å². The Bertz CT molecular complexity index is 509. The normalized spacial score (nSPS) is 11.1. The van der Waals surface area contributed by atoms with Crippen LogP contribution in [0.5, 0.6) is 0 Å². The minimum Gasteiger partial charge on any atom is -0.462 e. The van der Waals surface area contributed by atoms with Crippen LogP contribution in [0.15, 0.2) is 24.3 Å². The van der Waals surface area contributed by atoms with Gasteiger partial charge in [-0.15, -0.1) is 0 Å². The van der Waals surface area contributed by atoms with Gasteiger partial charge in [-0.25, -0.2) is 4.79 Å². The van der Waals surface area contributed by atoms with Gasteiger partial charge in [0.05, 0.1) is 25.0 Å². The molecule has 0 radical (unpaired) electrons. The minimum absolute atomic E-state index is 0.0540. The first-order valence-electron chi connectivity index (χ1n) is 5.78. The lowest BCUT2D eigenvalue weighted by Gasteiger charge is -2.07. The fourth-order valence-electron chi connectivity index (χ4n) is 1.33.